The molecule has 0 spiro atoms. The lowest BCUT2D eigenvalue weighted by molar-refractivity contribution is 0.0697. The van der Waals surface area contributed by atoms with E-state index < -0.39 is 5.97 Å². The number of carbonyl (C=O) groups is 1. The van der Waals surface area contributed by atoms with Crippen LogP contribution in [0.4, 0.5) is 15.8 Å². The quantitative estimate of drug-likeness (QED) is 0.912. The number of carboxylic acid groups (broad SMARTS) is 1. The van der Waals surface area contributed by atoms with Crippen molar-refractivity contribution >= 4 is 28.9 Å². The van der Waals surface area contributed by atoms with Gasteiger partial charge in [0.15, 0.2) is 0 Å². The monoisotopic (exact) mass is 293 g/mol. The van der Waals surface area contributed by atoms with E-state index in [1.807, 2.05) is 6.92 Å². The molecule has 0 aliphatic rings. The van der Waals surface area contributed by atoms with Crippen LogP contribution in [0.25, 0.3) is 0 Å². The van der Waals surface area contributed by atoms with Gasteiger partial charge in [0.1, 0.15) is 5.82 Å². The van der Waals surface area contributed by atoms with Gasteiger partial charge in [-0.1, -0.05) is 23.7 Å². The van der Waals surface area contributed by atoms with E-state index in [9.17, 15) is 9.18 Å². The van der Waals surface area contributed by atoms with Gasteiger partial charge in [-0.3, -0.25) is 0 Å². The van der Waals surface area contributed by atoms with Crippen molar-refractivity contribution in [2.45, 2.75) is 6.92 Å². The number of aromatic carboxylic acids is 1. The van der Waals surface area contributed by atoms with Gasteiger partial charge >= 0.3 is 5.97 Å². The van der Waals surface area contributed by atoms with Crippen LogP contribution in [-0.2, 0) is 0 Å². The summed E-state index contributed by atoms with van der Waals surface area (Å²) in [7, 11) is 0. The van der Waals surface area contributed by atoms with Crippen molar-refractivity contribution in [1.82, 2.24) is 0 Å². The fourth-order valence-corrected chi connectivity index (χ4v) is 2.28. The Morgan fingerprint density at radius 3 is 2.50 bits per heavy atom. The molecule has 0 atom stereocenters. The number of halogens is 2. The van der Waals surface area contributed by atoms with Gasteiger partial charge in [-0.25, -0.2) is 9.18 Å². The van der Waals surface area contributed by atoms with Crippen LogP contribution in [0.1, 0.15) is 17.3 Å². The average molecular weight is 294 g/mol. The minimum atomic E-state index is -1.05. The van der Waals surface area contributed by atoms with Crippen molar-refractivity contribution in [2.75, 3.05) is 11.4 Å². The molecular formula is C15H13ClFNO2. The fourth-order valence-electron chi connectivity index (χ4n) is 2.00. The predicted molar refractivity (Wildman–Crippen MR) is 77.5 cm³/mol. The van der Waals surface area contributed by atoms with E-state index in [0.29, 0.717) is 17.9 Å². The van der Waals surface area contributed by atoms with Crippen LogP contribution in [0, 0.1) is 5.82 Å². The first-order chi connectivity index (χ1) is 9.54. The molecule has 3 nitrogen and oxygen atoms in total. The van der Waals surface area contributed by atoms with Gasteiger partial charge in [-0.05, 0) is 37.3 Å². The SMILES string of the molecule is CCN(c1ccccc1F)c1ccc(C(=O)O)cc1Cl. The van der Waals surface area contributed by atoms with Crippen LogP contribution in [0.15, 0.2) is 42.5 Å². The number of nitrogens with zero attached hydrogens (tertiary/aromatic N) is 1. The molecule has 0 amide bonds. The number of para-hydroxylation sites is 1. The highest BCUT2D eigenvalue weighted by molar-refractivity contribution is 6.33. The van der Waals surface area contributed by atoms with Crippen molar-refractivity contribution in [3.05, 3.63) is 58.9 Å². The van der Waals surface area contributed by atoms with Gasteiger partial charge in [-0.2, -0.15) is 0 Å². The molecule has 0 saturated carbocycles. The van der Waals surface area contributed by atoms with Gasteiger partial charge in [0, 0.05) is 6.54 Å². The van der Waals surface area contributed by atoms with E-state index in [0.717, 1.165) is 0 Å². The maximum atomic E-state index is 13.9. The van der Waals surface area contributed by atoms with Gasteiger partial charge < -0.3 is 10.0 Å². The van der Waals surface area contributed by atoms with Gasteiger partial charge in [0.05, 0.1) is 22.0 Å². The molecule has 2 aromatic carbocycles. The highest BCUT2D eigenvalue weighted by atomic mass is 35.5. The fraction of sp³-hybridized carbons (Fsp3) is 0.133. The predicted octanol–water partition coefficient (Wildman–Crippen LogP) is 4.34. The van der Waals surface area contributed by atoms with Gasteiger partial charge in [-0.15, -0.1) is 0 Å². The zero-order valence-electron chi connectivity index (χ0n) is 10.8. The summed E-state index contributed by atoms with van der Waals surface area (Å²) in [5, 5.41) is 9.20. The van der Waals surface area contributed by atoms with E-state index in [1.54, 1.807) is 29.2 Å². The summed E-state index contributed by atoms with van der Waals surface area (Å²) in [5.74, 6) is -1.40. The molecule has 1 N–H and O–H groups in total. The van der Waals surface area contributed by atoms with Gasteiger partial charge in [0.2, 0.25) is 0 Å². The maximum Gasteiger partial charge on any atom is 0.335 e. The molecule has 0 saturated heterocycles. The van der Waals surface area contributed by atoms with Crippen LogP contribution in [-0.4, -0.2) is 17.6 Å². The second-order valence-electron chi connectivity index (χ2n) is 4.17. The smallest absolute Gasteiger partial charge is 0.335 e. The second kappa shape index (κ2) is 5.92. The third-order valence-electron chi connectivity index (χ3n) is 2.94. The summed E-state index contributed by atoms with van der Waals surface area (Å²) >= 11 is 6.12. The van der Waals surface area contributed by atoms with Gasteiger partial charge in [0.25, 0.3) is 0 Å². The highest BCUT2D eigenvalue weighted by Crippen LogP contribution is 2.33. The molecule has 2 rings (SSSR count). The van der Waals surface area contributed by atoms with Crippen LogP contribution in [0.3, 0.4) is 0 Å². The zero-order chi connectivity index (χ0) is 14.7. The molecule has 0 aromatic heterocycles. The summed E-state index contributed by atoms with van der Waals surface area (Å²) in [6.45, 7) is 2.38. The normalized spacial score (nSPS) is 10.3. The zero-order valence-corrected chi connectivity index (χ0v) is 11.6. The lowest BCUT2D eigenvalue weighted by Gasteiger charge is -2.25. The summed E-state index contributed by atoms with van der Waals surface area (Å²) in [6.07, 6.45) is 0. The number of hydrogen-bond donors (Lipinski definition) is 1. The molecule has 2 aromatic rings. The summed E-state index contributed by atoms with van der Waals surface area (Å²) in [6, 6.07) is 10.8. The molecule has 5 heteroatoms. The van der Waals surface area contributed by atoms with Crippen molar-refractivity contribution in [3.63, 3.8) is 0 Å². The number of anilines is 2. The van der Waals surface area contributed by atoms with Crippen molar-refractivity contribution in [1.29, 1.82) is 0 Å². The Labute approximate surface area is 121 Å². The molecule has 20 heavy (non-hydrogen) atoms. The summed E-state index contributed by atoms with van der Waals surface area (Å²) in [5.41, 5.74) is 1.08. The highest BCUT2D eigenvalue weighted by Gasteiger charge is 2.15. The Bertz CT molecular complexity index is 646. The molecule has 0 aliphatic heterocycles. The first-order valence-corrected chi connectivity index (χ1v) is 6.47. The Hall–Kier alpha value is -2.07. The Morgan fingerprint density at radius 2 is 1.95 bits per heavy atom. The number of rotatable bonds is 4. The number of hydrogen-bond acceptors (Lipinski definition) is 2. The third kappa shape index (κ3) is 2.75. The van der Waals surface area contributed by atoms with Crippen LogP contribution in [0.5, 0.6) is 0 Å². The minimum Gasteiger partial charge on any atom is -0.478 e. The topological polar surface area (TPSA) is 40.5 Å². The average Bonchev–Trinajstić information content (AvgIpc) is 2.43. The van der Waals surface area contributed by atoms with E-state index in [4.69, 9.17) is 16.7 Å². The van der Waals surface area contributed by atoms with Crippen LogP contribution < -0.4 is 4.90 Å². The Balaban J connectivity index is 2.48. The van der Waals surface area contributed by atoms with Crippen LogP contribution in [0.2, 0.25) is 5.02 Å². The van der Waals surface area contributed by atoms with E-state index in [1.165, 1.54) is 18.2 Å². The first kappa shape index (κ1) is 14.3. The molecule has 104 valence electrons. The molecule has 0 radical (unpaired) electrons. The van der Waals surface area contributed by atoms with E-state index in [2.05, 4.69) is 0 Å². The maximum absolute atomic E-state index is 13.9. The standard InChI is InChI=1S/C15H13ClFNO2/c1-2-18(14-6-4-3-5-12(14)17)13-8-7-10(15(19)20)9-11(13)16/h3-9H,2H2,1H3,(H,19,20). The van der Waals surface area contributed by atoms with Crippen LogP contribution >= 0.6 is 11.6 Å². The summed E-state index contributed by atoms with van der Waals surface area (Å²) < 4.78 is 13.9. The van der Waals surface area contributed by atoms with Crippen molar-refractivity contribution < 1.29 is 14.3 Å². The Morgan fingerprint density at radius 1 is 1.25 bits per heavy atom. The molecular weight excluding hydrogens is 281 g/mol. The lowest BCUT2D eigenvalue weighted by atomic mass is 10.1. The summed E-state index contributed by atoms with van der Waals surface area (Å²) in [4.78, 5) is 12.6. The molecule has 0 heterocycles. The third-order valence-corrected chi connectivity index (χ3v) is 3.25. The largest absolute Gasteiger partial charge is 0.478 e. The lowest BCUT2D eigenvalue weighted by Crippen LogP contribution is -2.18. The van der Waals surface area contributed by atoms with E-state index >= 15 is 0 Å². The van der Waals surface area contributed by atoms with E-state index in [-0.39, 0.29) is 16.4 Å². The molecule has 0 bridgehead atoms. The molecule has 0 aliphatic carbocycles. The van der Waals surface area contributed by atoms with Crippen molar-refractivity contribution in [3.8, 4) is 0 Å². The van der Waals surface area contributed by atoms with Crippen molar-refractivity contribution in [2.24, 2.45) is 0 Å². The number of carboxylic acids is 1. The minimum absolute atomic E-state index is 0.100. The first-order valence-electron chi connectivity index (χ1n) is 6.09. The molecule has 0 unspecified atom stereocenters. The number of benzene rings is 2. The Kier molecular flexibility index (Phi) is 4.25. The molecule has 0 fully saturated rings. The second-order valence-corrected chi connectivity index (χ2v) is 4.57.